The molecule has 2 aliphatic rings. The van der Waals surface area contributed by atoms with Gasteiger partial charge in [0.15, 0.2) is 5.11 Å². The molecule has 0 aromatic rings. The molecule has 1 saturated carbocycles. The fraction of sp³-hybridized carbons (Fsp3) is 0.615. The van der Waals surface area contributed by atoms with Crippen LogP contribution in [0.1, 0.15) is 26.7 Å². The Morgan fingerprint density at radius 3 is 2.69 bits per heavy atom. The van der Waals surface area contributed by atoms with Crippen molar-refractivity contribution in [2.24, 2.45) is 11.8 Å². The van der Waals surface area contributed by atoms with E-state index in [0.717, 1.165) is 5.92 Å². The minimum atomic E-state index is -0.377. The Morgan fingerprint density at radius 1 is 1.44 bits per heavy atom. The fourth-order valence-corrected chi connectivity index (χ4v) is 2.88. The summed E-state index contributed by atoms with van der Waals surface area (Å²) in [5.41, 5.74) is -0.377. The van der Waals surface area contributed by atoms with E-state index in [2.05, 4.69) is 28.7 Å². The number of rotatable bonds is 2. The molecule has 0 aliphatic heterocycles. The smallest absolute Gasteiger partial charge is 0.167 e. The Hall–Kier alpha value is -1.01. The number of terminal acetylenes is 1. The van der Waals surface area contributed by atoms with Crippen LogP contribution < -0.4 is 10.6 Å². The first-order valence-corrected chi connectivity index (χ1v) is 6.16. The highest BCUT2D eigenvalue weighted by Gasteiger charge is 2.36. The second-order valence-electron chi connectivity index (χ2n) is 5.25. The maximum absolute atomic E-state index is 5.41. The lowest BCUT2D eigenvalue weighted by molar-refractivity contribution is 0.505. The molecule has 0 amide bonds. The molecule has 0 spiro atoms. The topological polar surface area (TPSA) is 24.1 Å². The number of hydrogen-bond acceptors (Lipinski definition) is 1. The largest absolute Gasteiger partial charge is 0.359 e. The van der Waals surface area contributed by atoms with E-state index in [-0.39, 0.29) is 5.54 Å². The first kappa shape index (κ1) is 11.5. The minimum absolute atomic E-state index is 0.377. The van der Waals surface area contributed by atoms with Gasteiger partial charge in [-0.3, -0.25) is 0 Å². The molecule has 0 heterocycles. The predicted octanol–water partition coefficient (Wildman–Crippen LogP) is 1.83. The van der Waals surface area contributed by atoms with Gasteiger partial charge >= 0.3 is 0 Å². The average Bonchev–Trinajstić information content (AvgIpc) is 2.78. The highest BCUT2D eigenvalue weighted by molar-refractivity contribution is 7.80. The molecule has 16 heavy (non-hydrogen) atoms. The van der Waals surface area contributed by atoms with Crippen molar-refractivity contribution in [3.8, 4) is 12.3 Å². The Labute approximate surface area is 103 Å². The zero-order valence-electron chi connectivity index (χ0n) is 9.79. The molecule has 0 unspecified atom stereocenters. The van der Waals surface area contributed by atoms with E-state index in [1.54, 1.807) is 0 Å². The molecule has 2 aliphatic carbocycles. The van der Waals surface area contributed by atoms with E-state index in [1.807, 2.05) is 13.8 Å². The summed E-state index contributed by atoms with van der Waals surface area (Å²) >= 11 is 5.28. The van der Waals surface area contributed by atoms with Crippen LogP contribution in [0.5, 0.6) is 0 Å². The molecule has 2 rings (SSSR count). The summed E-state index contributed by atoms with van der Waals surface area (Å²) in [6.45, 7) is 3.89. The zero-order valence-corrected chi connectivity index (χ0v) is 10.6. The van der Waals surface area contributed by atoms with Crippen molar-refractivity contribution in [2.75, 3.05) is 0 Å². The van der Waals surface area contributed by atoms with Crippen molar-refractivity contribution in [3.05, 3.63) is 12.2 Å². The molecule has 1 fully saturated rings. The van der Waals surface area contributed by atoms with Crippen LogP contribution in [-0.2, 0) is 0 Å². The first-order valence-electron chi connectivity index (χ1n) is 5.75. The van der Waals surface area contributed by atoms with Gasteiger partial charge in [-0.15, -0.1) is 6.42 Å². The predicted molar refractivity (Wildman–Crippen MR) is 70.9 cm³/mol. The summed E-state index contributed by atoms with van der Waals surface area (Å²) in [5.74, 6) is 4.09. The zero-order chi connectivity index (χ0) is 11.8. The standard InChI is InChI=1S/C13H18N2S/c1-4-13(2,3)15-12(16)14-11-8-9-5-6-10(11)7-9/h1,5-6,9-11H,7-8H2,2-3H3,(H2,14,15,16)/t9-,10+,11-/m1/s1. The number of hydrogen-bond donors (Lipinski definition) is 2. The lowest BCUT2D eigenvalue weighted by Gasteiger charge is -2.26. The molecule has 2 nitrogen and oxygen atoms in total. The fourth-order valence-electron chi connectivity index (χ4n) is 2.47. The van der Waals surface area contributed by atoms with Gasteiger partial charge in [0.1, 0.15) is 0 Å². The molecule has 3 heteroatoms. The third kappa shape index (κ3) is 2.38. The molecular weight excluding hydrogens is 216 g/mol. The van der Waals surface area contributed by atoms with Gasteiger partial charge in [0.2, 0.25) is 0 Å². The summed E-state index contributed by atoms with van der Waals surface area (Å²) in [5, 5.41) is 7.20. The van der Waals surface area contributed by atoms with Gasteiger partial charge in [0.25, 0.3) is 0 Å². The summed E-state index contributed by atoms with van der Waals surface area (Å²) in [6.07, 6.45) is 12.5. The normalized spacial score (nSPS) is 31.2. The van der Waals surface area contributed by atoms with Gasteiger partial charge < -0.3 is 10.6 Å². The van der Waals surface area contributed by atoms with Crippen LogP contribution in [-0.4, -0.2) is 16.7 Å². The number of allylic oxidation sites excluding steroid dienone is 1. The molecule has 0 radical (unpaired) electrons. The number of nitrogens with one attached hydrogen (secondary N) is 2. The van der Waals surface area contributed by atoms with Crippen LogP contribution in [0, 0.1) is 24.2 Å². The van der Waals surface area contributed by atoms with E-state index in [1.165, 1.54) is 12.8 Å². The monoisotopic (exact) mass is 234 g/mol. The van der Waals surface area contributed by atoms with Crippen LogP contribution in [0.3, 0.4) is 0 Å². The summed E-state index contributed by atoms with van der Waals surface area (Å²) in [7, 11) is 0. The van der Waals surface area contributed by atoms with E-state index in [0.29, 0.717) is 17.1 Å². The molecule has 3 atom stereocenters. The van der Waals surface area contributed by atoms with Crippen molar-refractivity contribution in [1.82, 2.24) is 10.6 Å². The molecule has 0 saturated heterocycles. The quantitative estimate of drug-likeness (QED) is 0.433. The van der Waals surface area contributed by atoms with E-state index >= 15 is 0 Å². The van der Waals surface area contributed by atoms with Crippen molar-refractivity contribution in [2.45, 2.75) is 38.3 Å². The van der Waals surface area contributed by atoms with Crippen LogP contribution in [0.2, 0.25) is 0 Å². The van der Waals surface area contributed by atoms with Gasteiger partial charge in [0, 0.05) is 6.04 Å². The van der Waals surface area contributed by atoms with E-state index in [4.69, 9.17) is 18.6 Å². The molecule has 0 aromatic heterocycles. The van der Waals surface area contributed by atoms with Crippen molar-refractivity contribution in [3.63, 3.8) is 0 Å². The molecule has 2 N–H and O–H groups in total. The Bertz CT molecular complexity index is 365. The third-order valence-corrected chi connectivity index (χ3v) is 3.60. The summed E-state index contributed by atoms with van der Waals surface area (Å²) in [4.78, 5) is 0. The van der Waals surface area contributed by atoms with Gasteiger partial charge in [-0.1, -0.05) is 18.1 Å². The molecule has 2 bridgehead atoms. The highest BCUT2D eigenvalue weighted by atomic mass is 32.1. The van der Waals surface area contributed by atoms with Gasteiger partial charge in [-0.25, -0.2) is 0 Å². The maximum atomic E-state index is 5.41. The number of fused-ring (bicyclic) bond motifs is 2. The van der Waals surface area contributed by atoms with Crippen LogP contribution >= 0.6 is 12.2 Å². The Kier molecular flexibility index (Phi) is 2.94. The lowest BCUT2D eigenvalue weighted by Crippen LogP contribution is -2.51. The average molecular weight is 234 g/mol. The van der Waals surface area contributed by atoms with Gasteiger partial charge in [-0.2, -0.15) is 0 Å². The second kappa shape index (κ2) is 4.10. The minimum Gasteiger partial charge on any atom is -0.359 e. The third-order valence-electron chi connectivity index (χ3n) is 3.38. The molecule has 0 aromatic carbocycles. The molecular formula is C13H18N2S. The van der Waals surface area contributed by atoms with Crippen LogP contribution in [0.4, 0.5) is 0 Å². The Balaban J connectivity index is 1.85. The SMILES string of the molecule is C#CC(C)(C)NC(=S)N[C@@H]1C[C@@H]2C=C[C@H]1C2. The second-order valence-corrected chi connectivity index (χ2v) is 5.66. The summed E-state index contributed by atoms with van der Waals surface area (Å²) < 4.78 is 0. The van der Waals surface area contributed by atoms with Crippen LogP contribution in [0.25, 0.3) is 0 Å². The van der Waals surface area contributed by atoms with Gasteiger partial charge in [0.05, 0.1) is 5.54 Å². The van der Waals surface area contributed by atoms with Crippen molar-refractivity contribution in [1.29, 1.82) is 0 Å². The highest BCUT2D eigenvalue weighted by Crippen LogP contribution is 2.38. The molecule has 86 valence electrons. The summed E-state index contributed by atoms with van der Waals surface area (Å²) in [6, 6.07) is 0.489. The van der Waals surface area contributed by atoms with Crippen molar-refractivity contribution < 1.29 is 0 Å². The maximum Gasteiger partial charge on any atom is 0.167 e. The lowest BCUT2D eigenvalue weighted by atomic mass is 10.0. The van der Waals surface area contributed by atoms with E-state index < -0.39 is 0 Å². The van der Waals surface area contributed by atoms with Crippen molar-refractivity contribution >= 4 is 17.3 Å². The van der Waals surface area contributed by atoms with Gasteiger partial charge in [-0.05, 0) is 50.7 Å². The first-order chi connectivity index (χ1) is 7.50. The van der Waals surface area contributed by atoms with E-state index in [9.17, 15) is 0 Å². The Morgan fingerprint density at radius 2 is 2.19 bits per heavy atom. The van der Waals surface area contributed by atoms with Crippen LogP contribution in [0.15, 0.2) is 12.2 Å². The number of thiocarbonyl (C=S) groups is 1.